The van der Waals surface area contributed by atoms with Crippen LogP contribution in [0.4, 0.5) is 5.13 Å². The zero-order chi connectivity index (χ0) is 23.6. The largest absolute Gasteiger partial charge is 0.308 e. The third-order valence-electron chi connectivity index (χ3n) is 5.83. The molecule has 1 amide bonds. The molecule has 1 saturated heterocycles. The molecular weight excluding hydrogens is 456 g/mol. The van der Waals surface area contributed by atoms with E-state index in [2.05, 4.69) is 6.07 Å². The average molecular weight is 487 g/mol. The smallest absolute Gasteiger partial charge is 0.260 e. The summed E-state index contributed by atoms with van der Waals surface area (Å²) in [6.07, 6.45) is 2.84. The van der Waals surface area contributed by atoms with Crippen molar-refractivity contribution in [3.8, 4) is 0 Å². The van der Waals surface area contributed by atoms with Crippen molar-refractivity contribution in [2.24, 2.45) is 0 Å². The Hall–Kier alpha value is -2.33. The lowest BCUT2D eigenvalue weighted by Gasteiger charge is -2.26. The fourth-order valence-corrected chi connectivity index (χ4v) is 6.50. The monoisotopic (exact) mass is 486 g/mol. The van der Waals surface area contributed by atoms with Gasteiger partial charge in [0.15, 0.2) is 5.13 Å². The van der Waals surface area contributed by atoms with Crippen molar-refractivity contribution in [3.05, 3.63) is 53.6 Å². The third kappa shape index (κ3) is 5.27. The first-order valence-corrected chi connectivity index (χ1v) is 13.5. The van der Waals surface area contributed by atoms with Crippen LogP contribution < -0.4 is 4.90 Å². The third-order valence-corrected chi connectivity index (χ3v) is 8.79. The number of likely N-dealkylation sites (N-methyl/N-ethyl adjacent to an activating group) is 1. The molecular formula is C24H30N4O3S2. The molecule has 2 aromatic carbocycles. The van der Waals surface area contributed by atoms with Crippen molar-refractivity contribution >= 4 is 42.6 Å². The van der Waals surface area contributed by atoms with Gasteiger partial charge in [-0.05, 0) is 75.8 Å². The van der Waals surface area contributed by atoms with E-state index in [1.807, 2.05) is 38.1 Å². The van der Waals surface area contributed by atoms with E-state index in [1.54, 1.807) is 33.5 Å². The molecule has 1 aliphatic rings. The zero-order valence-corrected chi connectivity index (χ0v) is 21.0. The van der Waals surface area contributed by atoms with Gasteiger partial charge in [-0.15, -0.1) is 0 Å². The number of nitrogens with zero attached hydrogens (tertiary/aromatic N) is 4. The summed E-state index contributed by atoms with van der Waals surface area (Å²) >= 11 is 1.49. The van der Waals surface area contributed by atoms with E-state index in [-0.39, 0.29) is 10.8 Å². The summed E-state index contributed by atoms with van der Waals surface area (Å²) < 4.78 is 28.5. The molecule has 0 bridgehead atoms. The summed E-state index contributed by atoms with van der Waals surface area (Å²) in [6, 6.07) is 12.4. The quantitative estimate of drug-likeness (QED) is 0.505. The highest BCUT2D eigenvalue weighted by atomic mass is 32.2. The predicted molar refractivity (Wildman–Crippen MR) is 134 cm³/mol. The van der Waals surface area contributed by atoms with Crippen molar-refractivity contribution < 1.29 is 13.2 Å². The molecule has 0 saturated carbocycles. The Morgan fingerprint density at radius 2 is 1.73 bits per heavy atom. The van der Waals surface area contributed by atoms with Crippen molar-refractivity contribution in [1.82, 2.24) is 14.2 Å². The van der Waals surface area contributed by atoms with Crippen LogP contribution in [0.3, 0.4) is 0 Å². The van der Waals surface area contributed by atoms with Gasteiger partial charge in [-0.3, -0.25) is 9.69 Å². The molecule has 9 heteroatoms. The summed E-state index contributed by atoms with van der Waals surface area (Å²) in [5, 5.41) is 0.646. The maximum atomic E-state index is 13.5. The Bertz CT molecular complexity index is 1230. The van der Waals surface area contributed by atoms with Gasteiger partial charge >= 0.3 is 0 Å². The van der Waals surface area contributed by atoms with Gasteiger partial charge in [-0.2, -0.15) is 4.31 Å². The fourth-order valence-electron chi connectivity index (χ4n) is 3.90. The second kappa shape index (κ2) is 9.89. The van der Waals surface area contributed by atoms with Crippen molar-refractivity contribution in [2.75, 3.05) is 45.2 Å². The first kappa shape index (κ1) is 23.8. The number of carbonyl (C=O) groups is 1. The molecule has 2 heterocycles. The van der Waals surface area contributed by atoms with Crippen LogP contribution in [0, 0.1) is 6.92 Å². The van der Waals surface area contributed by atoms with Crippen molar-refractivity contribution in [1.29, 1.82) is 0 Å². The number of anilines is 1. The number of hydrogen-bond donors (Lipinski definition) is 0. The van der Waals surface area contributed by atoms with Crippen LogP contribution in [0.15, 0.2) is 47.4 Å². The first-order valence-electron chi connectivity index (χ1n) is 11.2. The number of thiazole rings is 1. The van der Waals surface area contributed by atoms with Crippen LogP contribution in [0.25, 0.3) is 10.2 Å². The van der Waals surface area contributed by atoms with Gasteiger partial charge in [0.1, 0.15) is 0 Å². The molecule has 0 aliphatic carbocycles. The average Bonchev–Trinajstić information content (AvgIpc) is 3.22. The molecule has 3 aromatic rings. The second-order valence-electron chi connectivity index (χ2n) is 8.72. The molecule has 0 radical (unpaired) electrons. The zero-order valence-electron chi connectivity index (χ0n) is 19.3. The number of aromatic nitrogens is 1. The predicted octanol–water partition coefficient (Wildman–Crippen LogP) is 3.99. The van der Waals surface area contributed by atoms with E-state index >= 15 is 0 Å². The van der Waals surface area contributed by atoms with Gasteiger partial charge in [-0.1, -0.05) is 23.8 Å². The second-order valence-corrected chi connectivity index (χ2v) is 11.7. The normalized spacial score (nSPS) is 15.3. The van der Waals surface area contributed by atoms with Crippen LogP contribution in [-0.4, -0.2) is 68.8 Å². The van der Waals surface area contributed by atoms with Crippen molar-refractivity contribution in [2.45, 2.75) is 31.1 Å². The van der Waals surface area contributed by atoms with Gasteiger partial charge in [0.05, 0.1) is 15.1 Å². The van der Waals surface area contributed by atoms with Crippen LogP contribution in [0.5, 0.6) is 0 Å². The Labute approximate surface area is 199 Å². The highest BCUT2D eigenvalue weighted by molar-refractivity contribution is 7.89. The Morgan fingerprint density at radius 1 is 1.03 bits per heavy atom. The maximum absolute atomic E-state index is 13.5. The number of fused-ring (bicyclic) bond motifs is 1. The molecule has 0 unspecified atom stereocenters. The lowest BCUT2D eigenvalue weighted by atomic mass is 10.2. The molecule has 1 fully saturated rings. The Morgan fingerprint density at radius 3 is 2.39 bits per heavy atom. The standard InChI is InChI=1S/C24H30N4O3S2/c1-18-7-12-21-22(17-18)32-24(25-21)28(16-15-26(2)3)23(29)19-8-10-20(11-9-19)33(30,31)27-13-5-4-6-14-27/h7-12,17H,4-6,13-16H2,1-3H3. The summed E-state index contributed by atoms with van der Waals surface area (Å²) in [5.41, 5.74) is 2.46. The van der Waals surface area contributed by atoms with Gasteiger partial charge in [-0.25, -0.2) is 13.4 Å². The number of rotatable bonds is 7. The summed E-state index contributed by atoms with van der Waals surface area (Å²) in [4.78, 5) is 22.1. The van der Waals surface area contributed by atoms with Crippen molar-refractivity contribution in [3.63, 3.8) is 0 Å². The number of carbonyl (C=O) groups excluding carboxylic acids is 1. The molecule has 4 rings (SSSR count). The minimum atomic E-state index is -3.53. The summed E-state index contributed by atoms with van der Waals surface area (Å²) in [6.45, 7) is 4.31. The van der Waals surface area contributed by atoms with Gasteiger partial charge < -0.3 is 4.90 Å². The minimum Gasteiger partial charge on any atom is -0.308 e. The number of piperidine rings is 1. The van der Waals surface area contributed by atoms with E-state index in [1.165, 1.54) is 11.3 Å². The van der Waals surface area contributed by atoms with Gasteiger partial charge in [0, 0.05) is 31.7 Å². The summed E-state index contributed by atoms with van der Waals surface area (Å²) in [7, 11) is 0.398. The topological polar surface area (TPSA) is 73.8 Å². The van der Waals surface area contributed by atoms with E-state index in [0.29, 0.717) is 36.9 Å². The van der Waals surface area contributed by atoms with Crippen LogP contribution in [0.1, 0.15) is 35.2 Å². The van der Waals surface area contributed by atoms with Crippen LogP contribution >= 0.6 is 11.3 Å². The molecule has 0 atom stereocenters. The molecule has 0 N–H and O–H groups in total. The van der Waals surface area contributed by atoms with Gasteiger partial charge in [0.2, 0.25) is 10.0 Å². The van der Waals surface area contributed by atoms with E-state index < -0.39 is 10.0 Å². The highest BCUT2D eigenvalue weighted by Crippen LogP contribution is 2.30. The highest BCUT2D eigenvalue weighted by Gasteiger charge is 2.27. The molecule has 1 aliphatic heterocycles. The van der Waals surface area contributed by atoms with E-state index in [4.69, 9.17) is 4.98 Å². The molecule has 176 valence electrons. The fraction of sp³-hybridized carbons (Fsp3) is 0.417. The first-order chi connectivity index (χ1) is 15.8. The molecule has 33 heavy (non-hydrogen) atoms. The molecule has 0 spiro atoms. The molecule has 1 aromatic heterocycles. The summed E-state index contributed by atoms with van der Waals surface area (Å²) in [5.74, 6) is -0.186. The number of benzene rings is 2. The number of amides is 1. The molecule has 7 nitrogen and oxygen atoms in total. The van der Waals surface area contributed by atoms with Crippen LogP contribution in [0.2, 0.25) is 0 Å². The van der Waals surface area contributed by atoms with E-state index in [0.717, 1.165) is 35.0 Å². The lowest BCUT2D eigenvalue weighted by molar-refractivity contribution is 0.0985. The Kier molecular flexibility index (Phi) is 7.13. The maximum Gasteiger partial charge on any atom is 0.260 e. The number of aryl methyl sites for hydroxylation is 1. The SMILES string of the molecule is Cc1ccc2nc(N(CCN(C)C)C(=O)c3ccc(S(=O)(=O)N4CCCCC4)cc3)sc2c1. The minimum absolute atomic E-state index is 0.186. The Balaban J connectivity index is 1.61. The van der Waals surface area contributed by atoms with Crippen LogP contribution in [-0.2, 0) is 10.0 Å². The van der Waals surface area contributed by atoms with E-state index in [9.17, 15) is 13.2 Å². The van der Waals surface area contributed by atoms with Gasteiger partial charge in [0.25, 0.3) is 5.91 Å². The number of sulfonamides is 1. The number of hydrogen-bond acceptors (Lipinski definition) is 6. The lowest BCUT2D eigenvalue weighted by Crippen LogP contribution is -2.37.